The fourth-order valence-corrected chi connectivity index (χ4v) is 5.05. The van der Waals surface area contributed by atoms with Gasteiger partial charge >= 0.3 is 0 Å². The van der Waals surface area contributed by atoms with E-state index in [2.05, 4.69) is 22.9 Å². The van der Waals surface area contributed by atoms with Gasteiger partial charge in [-0.15, -0.1) is 0 Å². The monoisotopic (exact) mass is 389 g/mol. The third kappa shape index (κ3) is 2.98. The maximum absolute atomic E-state index is 13.1. The first-order valence-electron chi connectivity index (χ1n) is 8.51. The predicted molar refractivity (Wildman–Crippen MR) is 106 cm³/mol. The highest BCUT2D eigenvalue weighted by molar-refractivity contribution is 7.90. The molecule has 0 radical (unpaired) electrons. The second-order valence-corrected chi connectivity index (χ2v) is 8.83. The van der Waals surface area contributed by atoms with Crippen LogP contribution in [0.4, 0.5) is 5.69 Å². The van der Waals surface area contributed by atoms with Gasteiger partial charge < -0.3 is 9.80 Å². The number of aromatic nitrogens is 1. The number of piperazine rings is 1. The number of nitrogens with zero attached hydrogens (tertiary/aromatic N) is 3. The van der Waals surface area contributed by atoms with Crippen molar-refractivity contribution in [1.82, 2.24) is 8.87 Å². The molecule has 3 aromatic rings. The molecule has 1 saturated heterocycles. The van der Waals surface area contributed by atoms with Crippen LogP contribution >= 0.6 is 11.6 Å². The lowest BCUT2D eigenvalue weighted by Gasteiger charge is -2.34. The zero-order chi connectivity index (χ0) is 18.3. The van der Waals surface area contributed by atoms with Crippen molar-refractivity contribution in [2.75, 3.05) is 38.1 Å². The Kier molecular flexibility index (Phi) is 4.42. The molecule has 26 heavy (non-hydrogen) atoms. The fraction of sp³-hybridized carbons (Fsp3) is 0.263. The zero-order valence-corrected chi connectivity index (χ0v) is 16.0. The number of hydrogen-bond donors (Lipinski definition) is 0. The predicted octanol–water partition coefficient (Wildman–Crippen LogP) is 3.28. The van der Waals surface area contributed by atoms with Crippen LogP contribution in [0.1, 0.15) is 0 Å². The molecule has 136 valence electrons. The number of rotatable bonds is 3. The lowest BCUT2D eigenvalue weighted by atomic mass is 10.2. The van der Waals surface area contributed by atoms with Crippen LogP contribution in [0.3, 0.4) is 0 Å². The van der Waals surface area contributed by atoms with Crippen molar-refractivity contribution in [2.45, 2.75) is 4.90 Å². The van der Waals surface area contributed by atoms with Crippen LogP contribution in [0, 0.1) is 0 Å². The summed E-state index contributed by atoms with van der Waals surface area (Å²) in [4.78, 5) is 4.80. The molecule has 0 N–H and O–H groups in total. The van der Waals surface area contributed by atoms with E-state index in [0.717, 1.165) is 37.3 Å². The topological polar surface area (TPSA) is 45.5 Å². The van der Waals surface area contributed by atoms with Crippen molar-refractivity contribution in [3.63, 3.8) is 0 Å². The van der Waals surface area contributed by atoms with Gasteiger partial charge in [-0.25, -0.2) is 12.4 Å². The average molecular weight is 390 g/mol. The molecule has 7 heteroatoms. The summed E-state index contributed by atoms with van der Waals surface area (Å²) in [5.41, 5.74) is 1.76. The van der Waals surface area contributed by atoms with Gasteiger partial charge in [0.05, 0.1) is 10.4 Å². The van der Waals surface area contributed by atoms with Gasteiger partial charge in [-0.1, -0.05) is 23.7 Å². The van der Waals surface area contributed by atoms with Crippen LogP contribution in [-0.2, 0) is 10.0 Å². The fourth-order valence-electron chi connectivity index (χ4n) is 3.40. The highest BCUT2D eigenvalue weighted by Gasteiger charge is 2.22. The van der Waals surface area contributed by atoms with E-state index in [-0.39, 0.29) is 4.90 Å². The molecule has 0 atom stereocenters. The number of hydrogen-bond acceptors (Lipinski definition) is 4. The van der Waals surface area contributed by atoms with Gasteiger partial charge in [-0.2, -0.15) is 0 Å². The Balaban J connectivity index is 1.80. The lowest BCUT2D eigenvalue weighted by Crippen LogP contribution is -2.44. The molecule has 5 nitrogen and oxygen atoms in total. The number of likely N-dealkylation sites (N-methyl/N-ethyl adjacent to an activating group) is 1. The molecule has 4 rings (SSSR count). The molecular formula is C19H20ClN3O2S. The molecule has 2 heterocycles. The van der Waals surface area contributed by atoms with Crippen molar-refractivity contribution in [3.8, 4) is 0 Å². The molecule has 0 unspecified atom stereocenters. The minimum absolute atomic E-state index is 0.188. The second kappa shape index (κ2) is 6.61. The Bertz CT molecular complexity index is 1050. The second-order valence-electron chi connectivity index (χ2n) is 6.57. The zero-order valence-electron chi connectivity index (χ0n) is 14.5. The van der Waals surface area contributed by atoms with Crippen molar-refractivity contribution in [2.24, 2.45) is 0 Å². The Morgan fingerprint density at radius 1 is 0.962 bits per heavy atom. The summed E-state index contributed by atoms with van der Waals surface area (Å²) in [5.74, 6) is 0. The van der Waals surface area contributed by atoms with Crippen LogP contribution in [0.15, 0.2) is 59.6 Å². The summed E-state index contributed by atoms with van der Waals surface area (Å²) in [6, 6.07) is 14.1. The van der Waals surface area contributed by atoms with Crippen molar-refractivity contribution in [3.05, 3.63) is 59.8 Å². The highest BCUT2D eigenvalue weighted by Crippen LogP contribution is 2.31. The van der Waals surface area contributed by atoms with E-state index >= 15 is 0 Å². The van der Waals surface area contributed by atoms with Crippen LogP contribution in [0.5, 0.6) is 0 Å². The molecule has 1 aliphatic rings. The van der Waals surface area contributed by atoms with E-state index < -0.39 is 10.0 Å². The Morgan fingerprint density at radius 2 is 1.69 bits per heavy atom. The number of anilines is 1. The van der Waals surface area contributed by atoms with Gasteiger partial charge in [0.2, 0.25) is 0 Å². The van der Waals surface area contributed by atoms with Crippen LogP contribution in [0.2, 0.25) is 5.02 Å². The molecule has 1 aliphatic heterocycles. The summed E-state index contributed by atoms with van der Waals surface area (Å²) >= 11 is 5.98. The third-order valence-electron chi connectivity index (χ3n) is 4.87. The summed E-state index contributed by atoms with van der Waals surface area (Å²) in [6.45, 7) is 3.86. The summed E-state index contributed by atoms with van der Waals surface area (Å²) in [5, 5.41) is 1.35. The smallest absolute Gasteiger partial charge is 0.268 e. The van der Waals surface area contributed by atoms with Crippen molar-refractivity contribution in [1.29, 1.82) is 0 Å². The first-order chi connectivity index (χ1) is 12.5. The number of fused-ring (bicyclic) bond motifs is 1. The Hall–Kier alpha value is -2.02. The van der Waals surface area contributed by atoms with Crippen LogP contribution in [0.25, 0.3) is 10.9 Å². The van der Waals surface area contributed by atoms with Gasteiger partial charge in [0.15, 0.2) is 0 Å². The molecule has 1 fully saturated rings. The molecule has 0 amide bonds. The molecular weight excluding hydrogens is 370 g/mol. The van der Waals surface area contributed by atoms with E-state index in [1.807, 2.05) is 18.2 Å². The molecule has 0 spiro atoms. The van der Waals surface area contributed by atoms with E-state index in [1.54, 1.807) is 24.4 Å². The maximum Gasteiger partial charge on any atom is 0.268 e. The van der Waals surface area contributed by atoms with Crippen LogP contribution < -0.4 is 4.90 Å². The number of halogens is 1. The van der Waals surface area contributed by atoms with E-state index in [4.69, 9.17) is 11.6 Å². The lowest BCUT2D eigenvalue weighted by molar-refractivity contribution is 0.313. The van der Waals surface area contributed by atoms with Gasteiger partial charge in [0.25, 0.3) is 10.0 Å². The Morgan fingerprint density at radius 3 is 2.42 bits per heavy atom. The summed E-state index contributed by atoms with van der Waals surface area (Å²) in [6.07, 6.45) is 1.63. The molecule has 0 bridgehead atoms. The molecule has 2 aromatic carbocycles. The SMILES string of the molecule is CN1CCN(c2cccc3c2ccn3S(=O)(=O)c2cccc(Cl)c2)CC1. The van der Waals surface area contributed by atoms with Crippen molar-refractivity contribution < 1.29 is 8.42 Å². The van der Waals surface area contributed by atoms with E-state index in [9.17, 15) is 8.42 Å². The molecule has 1 aromatic heterocycles. The minimum Gasteiger partial charge on any atom is -0.368 e. The Labute approximate surface area is 158 Å². The van der Waals surface area contributed by atoms with E-state index in [0.29, 0.717) is 10.5 Å². The highest BCUT2D eigenvalue weighted by atomic mass is 35.5. The first kappa shape index (κ1) is 17.4. The average Bonchev–Trinajstić information content (AvgIpc) is 3.07. The largest absolute Gasteiger partial charge is 0.368 e. The van der Waals surface area contributed by atoms with Gasteiger partial charge in [-0.3, -0.25) is 0 Å². The van der Waals surface area contributed by atoms with Crippen LogP contribution in [-0.4, -0.2) is 50.5 Å². The van der Waals surface area contributed by atoms with Crippen molar-refractivity contribution >= 4 is 38.2 Å². The summed E-state index contributed by atoms with van der Waals surface area (Å²) < 4.78 is 27.5. The first-order valence-corrected chi connectivity index (χ1v) is 10.3. The number of benzene rings is 2. The minimum atomic E-state index is -3.70. The molecule has 0 saturated carbocycles. The van der Waals surface area contributed by atoms with Gasteiger partial charge in [0.1, 0.15) is 0 Å². The normalized spacial score (nSPS) is 16.3. The molecule has 0 aliphatic carbocycles. The standard InChI is InChI=1S/C19H20ClN3O2S/c1-21-10-12-22(13-11-21)18-6-3-7-19-17(18)8-9-23(19)26(24,25)16-5-2-4-15(20)14-16/h2-9,14H,10-13H2,1H3. The van der Waals surface area contributed by atoms with Gasteiger partial charge in [0, 0.05) is 48.5 Å². The maximum atomic E-state index is 13.1. The quantitative estimate of drug-likeness (QED) is 0.689. The summed E-state index contributed by atoms with van der Waals surface area (Å²) in [7, 11) is -1.58. The van der Waals surface area contributed by atoms with Gasteiger partial charge in [-0.05, 0) is 43.4 Å². The van der Waals surface area contributed by atoms with E-state index in [1.165, 1.54) is 10.0 Å². The third-order valence-corrected chi connectivity index (χ3v) is 6.79.